The third kappa shape index (κ3) is 4.37. The molecular weight excluding hydrogens is 384 g/mol. The van der Waals surface area contributed by atoms with Crippen molar-refractivity contribution >= 4 is 21.6 Å². The lowest BCUT2D eigenvalue weighted by molar-refractivity contribution is 0.0303. The molecule has 0 saturated carbocycles. The number of methoxy groups -OCH3 is 2. The molecule has 0 aliphatic carbocycles. The summed E-state index contributed by atoms with van der Waals surface area (Å²) in [6.45, 7) is 2.13. The van der Waals surface area contributed by atoms with Gasteiger partial charge in [-0.2, -0.15) is 0 Å². The molecule has 8 nitrogen and oxygen atoms in total. The van der Waals surface area contributed by atoms with Gasteiger partial charge in [-0.3, -0.25) is 9.52 Å². The van der Waals surface area contributed by atoms with Crippen LogP contribution in [0.5, 0.6) is 11.5 Å². The van der Waals surface area contributed by atoms with E-state index in [-0.39, 0.29) is 16.6 Å². The van der Waals surface area contributed by atoms with E-state index in [0.29, 0.717) is 43.3 Å². The third-order valence-electron chi connectivity index (χ3n) is 4.34. The molecule has 28 heavy (non-hydrogen) atoms. The lowest BCUT2D eigenvalue weighted by Gasteiger charge is -2.26. The number of nitrogens with zero attached hydrogens (tertiary/aromatic N) is 1. The van der Waals surface area contributed by atoms with Gasteiger partial charge in [0.1, 0.15) is 16.4 Å². The van der Waals surface area contributed by atoms with E-state index in [1.54, 1.807) is 35.2 Å². The number of hydrogen-bond acceptors (Lipinski definition) is 6. The fourth-order valence-corrected chi connectivity index (χ4v) is 4.08. The maximum Gasteiger partial charge on any atom is 0.265 e. The Morgan fingerprint density at radius 1 is 1.04 bits per heavy atom. The highest BCUT2D eigenvalue weighted by atomic mass is 32.2. The van der Waals surface area contributed by atoms with E-state index >= 15 is 0 Å². The van der Waals surface area contributed by atoms with Crippen molar-refractivity contribution in [3.05, 3.63) is 48.0 Å². The van der Waals surface area contributed by atoms with Gasteiger partial charge in [-0.05, 0) is 36.4 Å². The highest BCUT2D eigenvalue weighted by Crippen LogP contribution is 2.29. The van der Waals surface area contributed by atoms with E-state index in [2.05, 4.69) is 4.72 Å². The average Bonchev–Trinajstić information content (AvgIpc) is 2.73. The van der Waals surface area contributed by atoms with Crippen LogP contribution in [0, 0.1) is 0 Å². The molecule has 1 fully saturated rings. The third-order valence-corrected chi connectivity index (χ3v) is 5.75. The lowest BCUT2D eigenvalue weighted by Crippen LogP contribution is -2.40. The van der Waals surface area contributed by atoms with Crippen molar-refractivity contribution in [1.29, 1.82) is 0 Å². The predicted octanol–water partition coefficient (Wildman–Crippen LogP) is 1.98. The van der Waals surface area contributed by atoms with Gasteiger partial charge in [0, 0.05) is 30.4 Å². The van der Waals surface area contributed by atoms with E-state index < -0.39 is 10.0 Å². The van der Waals surface area contributed by atoms with Gasteiger partial charge in [0.2, 0.25) is 0 Å². The van der Waals surface area contributed by atoms with Crippen LogP contribution in [0.15, 0.2) is 47.4 Å². The van der Waals surface area contributed by atoms with Gasteiger partial charge in [0.15, 0.2) is 0 Å². The van der Waals surface area contributed by atoms with Gasteiger partial charge in [0.25, 0.3) is 15.9 Å². The number of sulfonamides is 1. The van der Waals surface area contributed by atoms with Gasteiger partial charge in [0.05, 0.1) is 27.4 Å². The number of morpholine rings is 1. The van der Waals surface area contributed by atoms with Gasteiger partial charge < -0.3 is 19.1 Å². The van der Waals surface area contributed by atoms with Crippen molar-refractivity contribution in [1.82, 2.24) is 4.90 Å². The molecule has 0 atom stereocenters. The zero-order valence-electron chi connectivity index (χ0n) is 15.7. The number of ether oxygens (including phenoxy) is 3. The largest absolute Gasteiger partial charge is 0.497 e. The molecule has 0 unspecified atom stereocenters. The minimum atomic E-state index is -3.91. The summed E-state index contributed by atoms with van der Waals surface area (Å²) in [6.07, 6.45) is 0. The van der Waals surface area contributed by atoms with Crippen LogP contribution < -0.4 is 14.2 Å². The first-order valence-corrected chi connectivity index (χ1v) is 10.1. The molecule has 2 aromatic carbocycles. The number of hydrogen-bond donors (Lipinski definition) is 1. The molecule has 1 aliphatic rings. The van der Waals surface area contributed by atoms with Crippen LogP contribution >= 0.6 is 0 Å². The maximum absolute atomic E-state index is 12.8. The first-order valence-electron chi connectivity index (χ1n) is 8.66. The van der Waals surface area contributed by atoms with Crippen molar-refractivity contribution in [3.8, 4) is 11.5 Å². The number of rotatable bonds is 6. The smallest absolute Gasteiger partial charge is 0.265 e. The standard InChI is InChI=1S/C19H22N2O6S/c1-25-16-7-8-17(26-2)18(13-16)28(23,24)20-15-5-3-14(4-6-15)19(22)21-9-11-27-12-10-21/h3-8,13,20H,9-12H2,1-2H3. The molecule has 9 heteroatoms. The number of benzene rings is 2. The fraction of sp³-hybridized carbons (Fsp3) is 0.316. The molecule has 0 spiro atoms. The fourth-order valence-electron chi connectivity index (χ4n) is 2.83. The molecular formula is C19H22N2O6S. The summed E-state index contributed by atoms with van der Waals surface area (Å²) in [5.41, 5.74) is 0.826. The minimum Gasteiger partial charge on any atom is -0.497 e. The lowest BCUT2D eigenvalue weighted by atomic mass is 10.2. The predicted molar refractivity (Wildman–Crippen MR) is 104 cm³/mol. The maximum atomic E-state index is 12.8. The monoisotopic (exact) mass is 406 g/mol. The van der Waals surface area contributed by atoms with Crippen molar-refractivity contribution in [2.45, 2.75) is 4.90 Å². The van der Waals surface area contributed by atoms with Gasteiger partial charge in [-0.1, -0.05) is 0 Å². The number of carbonyl (C=O) groups is 1. The van der Waals surface area contributed by atoms with Crippen LogP contribution in [0.4, 0.5) is 5.69 Å². The molecule has 1 N–H and O–H groups in total. The van der Waals surface area contributed by atoms with Crippen LogP contribution in [-0.2, 0) is 14.8 Å². The Balaban J connectivity index is 1.79. The van der Waals surface area contributed by atoms with Crippen LogP contribution in [0.2, 0.25) is 0 Å². The SMILES string of the molecule is COc1ccc(OC)c(S(=O)(=O)Nc2ccc(C(=O)N3CCOCC3)cc2)c1. The Kier molecular flexibility index (Phi) is 6.05. The Labute approximate surface area is 164 Å². The molecule has 1 heterocycles. The van der Waals surface area contributed by atoms with Gasteiger partial charge in [-0.15, -0.1) is 0 Å². The van der Waals surface area contributed by atoms with Crippen LogP contribution in [-0.4, -0.2) is 59.7 Å². The highest BCUT2D eigenvalue weighted by Gasteiger charge is 2.22. The van der Waals surface area contributed by atoms with Crippen molar-refractivity contribution in [3.63, 3.8) is 0 Å². The molecule has 1 aliphatic heterocycles. The summed E-state index contributed by atoms with van der Waals surface area (Å²) in [7, 11) is -1.06. The van der Waals surface area contributed by atoms with Crippen molar-refractivity contribution in [2.24, 2.45) is 0 Å². The molecule has 0 aromatic heterocycles. The second-order valence-corrected chi connectivity index (χ2v) is 7.76. The molecule has 1 saturated heterocycles. The summed E-state index contributed by atoms with van der Waals surface area (Å²) in [4.78, 5) is 14.1. The summed E-state index contributed by atoms with van der Waals surface area (Å²) in [5.74, 6) is 0.493. The van der Waals surface area contributed by atoms with Crippen LogP contribution in [0.3, 0.4) is 0 Å². The molecule has 0 bridgehead atoms. The number of amides is 1. The van der Waals surface area contributed by atoms with Crippen molar-refractivity contribution in [2.75, 3.05) is 45.2 Å². The second kappa shape index (κ2) is 8.49. The minimum absolute atomic E-state index is 0.0391. The summed E-state index contributed by atoms with van der Waals surface area (Å²) < 4.78 is 43.6. The Morgan fingerprint density at radius 3 is 2.32 bits per heavy atom. The van der Waals surface area contributed by atoms with Gasteiger partial charge in [-0.25, -0.2) is 8.42 Å². The van der Waals surface area contributed by atoms with E-state index in [9.17, 15) is 13.2 Å². The van der Waals surface area contributed by atoms with Crippen molar-refractivity contribution < 1.29 is 27.4 Å². The molecule has 0 radical (unpaired) electrons. The highest BCUT2D eigenvalue weighted by molar-refractivity contribution is 7.92. The van der Waals surface area contributed by atoms with E-state index in [1.165, 1.54) is 26.4 Å². The Morgan fingerprint density at radius 2 is 1.71 bits per heavy atom. The first-order chi connectivity index (χ1) is 13.4. The first kappa shape index (κ1) is 20.0. The zero-order valence-corrected chi connectivity index (χ0v) is 16.5. The Hall–Kier alpha value is -2.78. The Bertz CT molecular complexity index is 937. The zero-order chi connectivity index (χ0) is 20.1. The van der Waals surface area contributed by atoms with E-state index in [1.807, 2.05) is 0 Å². The summed E-state index contributed by atoms with van der Waals surface area (Å²) in [5, 5.41) is 0. The second-order valence-electron chi connectivity index (χ2n) is 6.10. The molecule has 3 rings (SSSR count). The topological polar surface area (TPSA) is 94.2 Å². The quantitative estimate of drug-likeness (QED) is 0.788. The number of carbonyl (C=O) groups excluding carboxylic acids is 1. The van der Waals surface area contributed by atoms with E-state index in [4.69, 9.17) is 14.2 Å². The van der Waals surface area contributed by atoms with Crippen LogP contribution in [0.1, 0.15) is 10.4 Å². The molecule has 150 valence electrons. The number of anilines is 1. The van der Waals surface area contributed by atoms with Gasteiger partial charge >= 0.3 is 0 Å². The summed E-state index contributed by atoms with van der Waals surface area (Å²) >= 11 is 0. The normalized spacial score (nSPS) is 14.4. The van der Waals surface area contributed by atoms with E-state index in [0.717, 1.165) is 0 Å². The molecule has 2 aromatic rings. The average molecular weight is 406 g/mol. The van der Waals surface area contributed by atoms with Crippen LogP contribution in [0.25, 0.3) is 0 Å². The molecule has 1 amide bonds. The summed E-state index contributed by atoms with van der Waals surface area (Å²) in [6, 6.07) is 10.8. The number of nitrogens with one attached hydrogen (secondary N) is 1.